The molecule has 0 saturated heterocycles. The van der Waals surface area contributed by atoms with Crippen LogP contribution in [0.4, 0.5) is 0 Å². The summed E-state index contributed by atoms with van der Waals surface area (Å²) < 4.78 is 1.74. The Morgan fingerprint density at radius 2 is 2.27 bits per heavy atom. The first kappa shape index (κ1) is 9.79. The van der Waals surface area contributed by atoms with Gasteiger partial charge in [-0.25, -0.2) is 9.97 Å². The molecule has 0 spiro atoms. The zero-order valence-corrected chi connectivity index (χ0v) is 8.81. The molecule has 0 aliphatic heterocycles. The van der Waals surface area contributed by atoms with Crippen LogP contribution in [0.15, 0.2) is 24.5 Å². The predicted molar refractivity (Wildman–Crippen MR) is 57.0 cm³/mol. The average Bonchev–Trinajstić information content (AvgIpc) is 2.66. The van der Waals surface area contributed by atoms with Crippen LogP contribution in [0.25, 0.3) is 11.5 Å². The largest absolute Gasteiger partial charge is 0.314 e. The summed E-state index contributed by atoms with van der Waals surface area (Å²) in [5, 5.41) is 7.31. The average molecular weight is 203 g/mol. The van der Waals surface area contributed by atoms with Gasteiger partial charge < -0.3 is 5.32 Å². The van der Waals surface area contributed by atoms with Crippen LogP contribution in [0.3, 0.4) is 0 Å². The predicted octanol–water partition coefficient (Wildman–Crippen LogP) is 0.596. The molecule has 0 aliphatic rings. The summed E-state index contributed by atoms with van der Waals surface area (Å²) >= 11 is 0. The van der Waals surface area contributed by atoms with Gasteiger partial charge in [-0.1, -0.05) is 0 Å². The fraction of sp³-hybridized carbons (Fsp3) is 0.300. The summed E-state index contributed by atoms with van der Waals surface area (Å²) in [6.45, 7) is 0.738. The first-order valence-electron chi connectivity index (χ1n) is 4.76. The molecule has 2 rings (SSSR count). The maximum atomic E-state index is 4.40. The number of hydrogen-bond acceptors (Lipinski definition) is 4. The van der Waals surface area contributed by atoms with E-state index in [4.69, 9.17) is 0 Å². The molecule has 0 atom stereocenters. The van der Waals surface area contributed by atoms with Gasteiger partial charge in [0, 0.05) is 26.0 Å². The molecule has 0 unspecified atom stereocenters. The summed E-state index contributed by atoms with van der Waals surface area (Å²) in [5.41, 5.74) is 1.77. The van der Waals surface area contributed by atoms with Crippen LogP contribution in [-0.4, -0.2) is 26.8 Å². The third kappa shape index (κ3) is 2.19. The van der Waals surface area contributed by atoms with Crippen molar-refractivity contribution >= 4 is 0 Å². The Morgan fingerprint density at radius 1 is 1.40 bits per heavy atom. The lowest BCUT2D eigenvalue weighted by Gasteiger charge is -2.00. The lowest BCUT2D eigenvalue weighted by Crippen LogP contribution is -2.07. The second kappa shape index (κ2) is 4.18. The molecular weight excluding hydrogens is 190 g/mol. The van der Waals surface area contributed by atoms with E-state index in [0.717, 1.165) is 17.9 Å². The van der Waals surface area contributed by atoms with Gasteiger partial charge in [0.15, 0.2) is 5.82 Å². The van der Waals surface area contributed by atoms with Crippen LogP contribution in [0.2, 0.25) is 0 Å². The fourth-order valence-corrected chi connectivity index (χ4v) is 1.33. The first-order chi connectivity index (χ1) is 7.29. The molecule has 0 aromatic carbocycles. The summed E-state index contributed by atoms with van der Waals surface area (Å²) in [7, 11) is 3.77. The minimum Gasteiger partial charge on any atom is -0.314 e. The zero-order chi connectivity index (χ0) is 10.7. The smallest absolute Gasteiger partial charge is 0.180 e. The second-order valence-electron chi connectivity index (χ2n) is 3.28. The molecule has 78 valence electrons. The number of rotatable bonds is 3. The van der Waals surface area contributed by atoms with Crippen molar-refractivity contribution in [1.29, 1.82) is 0 Å². The van der Waals surface area contributed by atoms with E-state index in [1.807, 2.05) is 32.4 Å². The van der Waals surface area contributed by atoms with Crippen molar-refractivity contribution in [2.45, 2.75) is 6.54 Å². The van der Waals surface area contributed by atoms with Gasteiger partial charge in [0.1, 0.15) is 5.69 Å². The van der Waals surface area contributed by atoms with Gasteiger partial charge in [0.2, 0.25) is 0 Å². The van der Waals surface area contributed by atoms with E-state index in [-0.39, 0.29) is 0 Å². The number of aryl methyl sites for hydroxylation is 1. The standard InChI is InChI=1S/C10H13N5/c1-11-7-8-3-5-12-10(13-8)9-4-6-15(2)14-9/h3-6,11H,7H2,1-2H3. The van der Waals surface area contributed by atoms with E-state index in [1.165, 1.54) is 0 Å². The second-order valence-corrected chi connectivity index (χ2v) is 3.28. The summed E-state index contributed by atoms with van der Waals surface area (Å²) in [4.78, 5) is 8.59. The SMILES string of the molecule is CNCc1ccnc(-c2ccn(C)n2)n1. The van der Waals surface area contributed by atoms with E-state index in [2.05, 4.69) is 20.4 Å². The number of hydrogen-bond donors (Lipinski definition) is 1. The minimum absolute atomic E-state index is 0.670. The number of aromatic nitrogens is 4. The van der Waals surface area contributed by atoms with E-state index in [9.17, 15) is 0 Å². The van der Waals surface area contributed by atoms with Gasteiger partial charge in [0.25, 0.3) is 0 Å². The van der Waals surface area contributed by atoms with E-state index < -0.39 is 0 Å². The Morgan fingerprint density at radius 3 is 2.93 bits per heavy atom. The monoisotopic (exact) mass is 203 g/mol. The molecule has 0 amide bonds. The normalized spacial score (nSPS) is 10.5. The van der Waals surface area contributed by atoms with Gasteiger partial charge in [0.05, 0.1) is 5.69 Å². The third-order valence-electron chi connectivity index (χ3n) is 2.01. The van der Waals surface area contributed by atoms with Crippen molar-refractivity contribution in [3.8, 4) is 11.5 Å². The highest BCUT2D eigenvalue weighted by Crippen LogP contribution is 2.10. The van der Waals surface area contributed by atoms with Gasteiger partial charge in [-0.05, 0) is 19.2 Å². The van der Waals surface area contributed by atoms with Gasteiger partial charge in [-0.15, -0.1) is 0 Å². The van der Waals surface area contributed by atoms with Gasteiger partial charge in [-0.3, -0.25) is 4.68 Å². The van der Waals surface area contributed by atoms with E-state index >= 15 is 0 Å². The third-order valence-corrected chi connectivity index (χ3v) is 2.01. The van der Waals surface area contributed by atoms with Gasteiger partial charge in [-0.2, -0.15) is 5.10 Å². The van der Waals surface area contributed by atoms with Crippen molar-refractivity contribution in [3.63, 3.8) is 0 Å². The zero-order valence-electron chi connectivity index (χ0n) is 8.81. The number of nitrogens with zero attached hydrogens (tertiary/aromatic N) is 4. The Bertz CT molecular complexity index is 449. The van der Waals surface area contributed by atoms with Crippen LogP contribution < -0.4 is 5.32 Å². The molecule has 5 heteroatoms. The Kier molecular flexibility index (Phi) is 2.73. The fourth-order valence-electron chi connectivity index (χ4n) is 1.33. The van der Waals surface area contributed by atoms with Crippen molar-refractivity contribution in [2.24, 2.45) is 7.05 Å². The van der Waals surface area contributed by atoms with Gasteiger partial charge >= 0.3 is 0 Å². The van der Waals surface area contributed by atoms with Crippen molar-refractivity contribution in [3.05, 3.63) is 30.2 Å². The molecule has 1 N–H and O–H groups in total. The Hall–Kier alpha value is -1.75. The topological polar surface area (TPSA) is 55.6 Å². The lowest BCUT2D eigenvalue weighted by molar-refractivity contribution is 0.764. The van der Waals surface area contributed by atoms with Crippen molar-refractivity contribution in [1.82, 2.24) is 25.1 Å². The molecule has 0 saturated carbocycles. The maximum absolute atomic E-state index is 4.40. The molecule has 2 aromatic heterocycles. The van der Waals surface area contributed by atoms with Crippen LogP contribution >= 0.6 is 0 Å². The van der Waals surface area contributed by atoms with E-state index in [0.29, 0.717) is 5.82 Å². The van der Waals surface area contributed by atoms with E-state index in [1.54, 1.807) is 10.9 Å². The van der Waals surface area contributed by atoms with Crippen LogP contribution in [0.1, 0.15) is 5.69 Å². The molecule has 5 nitrogen and oxygen atoms in total. The molecule has 2 aromatic rings. The highest BCUT2D eigenvalue weighted by atomic mass is 15.3. The number of nitrogens with one attached hydrogen (secondary N) is 1. The maximum Gasteiger partial charge on any atom is 0.180 e. The first-order valence-corrected chi connectivity index (χ1v) is 4.76. The molecule has 0 fully saturated rings. The summed E-state index contributed by atoms with van der Waals surface area (Å²) in [6.07, 6.45) is 3.63. The van der Waals surface area contributed by atoms with Crippen LogP contribution in [0, 0.1) is 0 Å². The highest BCUT2D eigenvalue weighted by Gasteiger charge is 2.04. The van der Waals surface area contributed by atoms with Crippen LogP contribution in [-0.2, 0) is 13.6 Å². The molecular formula is C10H13N5. The quantitative estimate of drug-likeness (QED) is 0.793. The Labute approximate surface area is 88.2 Å². The molecule has 2 heterocycles. The van der Waals surface area contributed by atoms with Crippen molar-refractivity contribution in [2.75, 3.05) is 7.05 Å². The summed E-state index contributed by atoms with van der Waals surface area (Å²) in [5.74, 6) is 0.670. The highest BCUT2D eigenvalue weighted by molar-refractivity contribution is 5.47. The minimum atomic E-state index is 0.670. The molecule has 0 radical (unpaired) electrons. The lowest BCUT2D eigenvalue weighted by atomic mass is 10.3. The van der Waals surface area contributed by atoms with Crippen molar-refractivity contribution < 1.29 is 0 Å². The Balaban J connectivity index is 2.32. The molecule has 15 heavy (non-hydrogen) atoms. The summed E-state index contributed by atoms with van der Waals surface area (Å²) in [6, 6.07) is 3.79. The molecule has 0 bridgehead atoms. The van der Waals surface area contributed by atoms with Crippen LogP contribution in [0.5, 0.6) is 0 Å². The molecule has 0 aliphatic carbocycles.